The van der Waals surface area contributed by atoms with Gasteiger partial charge in [-0.15, -0.1) is 0 Å². The van der Waals surface area contributed by atoms with Gasteiger partial charge in [0.1, 0.15) is 13.2 Å². The Kier molecular flexibility index (Phi) is 12.3. The van der Waals surface area contributed by atoms with Crippen LogP contribution in [0.5, 0.6) is 0 Å². The molecule has 0 aliphatic heterocycles. The zero-order valence-electron chi connectivity index (χ0n) is 22.7. The third kappa shape index (κ3) is 9.53. The number of esters is 2. The summed E-state index contributed by atoms with van der Waals surface area (Å²) in [6.45, 7) is 0.169. The molecule has 1 aliphatic rings. The Bertz CT molecular complexity index is 1200. The molecule has 0 saturated carbocycles. The largest absolute Gasteiger partial charge is 0.491 e. The number of nitrogens with one attached hydrogen (secondary N) is 1. The fourth-order valence-electron chi connectivity index (χ4n) is 4.26. The molecule has 2 amide bonds. The Morgan fingerprint density at radius 3 is 2.07 bits per heavy atom. The molecule has 0 bridgehead atoms. The van der Waals surface area contributed by atoms with Crippen molar-refractivity contribution in [2.45, 2.75) is 18.5 Å². The third-order valence-electron chi connectivity index (χ3n) is 6.16. The molecule has 14 heteroatoms. The summed E-state index contributed by atoms with van der Waals surface area (Å²) < 4.78 is 55.6. The standard InChI is InChI=1S/C28H32F3N3O8/c29-28(30,31)26(37)42-25(36)9-13-39-15-16-40-14-11-33-24(35)17-34(12-10-32)27(38)41-18-23-21-7-3-1-5-19(21)20-6-2-4-8-22(20)23/h1-8,23H,9-18,32H2,(H,33,35). The summed E-state index contributed by atoms with van der Waals surface area (Å²) in [7, 11) is 0. The molecule has 228 valence electrons. The number of amides is 2. The lowest BCUT2D eigenvalue weighted by molar-refractivity contribution is -0.202. The van der Waals surface area contributed by atoms with E-state index < -0.39 is 36.5 Å². The Hall–Kier alpha value is -4.01. The molecule has 0 fully saturated rings. The molecule has 3 N–H and O–H groups in total. The van der Waals surface area contributed by atoms with Crippen LogP contribution in [0.3, 0.4) is 0 Å². The number of ether oxygens (including phenoxy) is 4. The molecular weight excluding hydrogens is 563 g/mol. The number of alkyl halides is 3. The first-order chi connectivity index (χ1) is 20.1. The molecule has 0 saturated heterocycles. The SMILES string of the molecule is NCCN(CC(=O)NCCOCCOCCC(=O)OC(=O)C(F)(F)F)C(=O)OCC1c2ccccc2-c2ccccc21. The minimum Gasteiger partial charge on any atom is -0.448 e. The van der Waals surface area contributed by atoms with Gasteiger partial charge in [-0.2, -0.15) is 13.2 Å². The molecule has 0 atom stereocenters. The van der Waals surface area contributed by atoms with Crippen LogP contribution in [-0.4, -0.2) is 94.2 Å². The van der Waals surface area contributed by atoms with Crippen molar-refractivity contribution in [1.82, 2.24) is 10.2 Å². The number of fused-ring (bicyclic) bond motifs is 3. The maximum absolute atomic E-state index is 12.8. The molecule has 0 spiro atoms. The van der Waals surface area contributed by atoms with E-state index >= 15 is 0 Å². The highest BCUT2D eigenvalue weighted by Crippen LogP contribution is 2.44. The van der Waals surface area contributed by atoms with E-state index in [1.54, 1.807) is 0 Å². The first-order valence-corrected chi connectivity index (χ1v) is 13.2. The second kappa shape index (κ2) is 15.8. The van der Waals surface area contributed by atoms with Crippen LogP contribution in [0.1, 0.15) is 23.5 Å². The van der Waals surface area contributed by atoms with Gasteiger partial charge >= 0.3 is 24.2 Å². The van der Waals surface area contributed by atoms with Crippen LogP contribution in [0.25, 0.3) is 11.1 Å². The van der Waals surface area contributed by atoms with Crippen LogP contribution in [0.4, 0.5) is 18.0 Å². The Labute approximate surface area is 240 Å². The number of hydrogen-bond donors (Lipinski definition) is 2. The number of hydrogen-bond acceptors (Lipinski definition) is 9. The minimum atomic E-state index is -5.25. The summed E-state index contributed by atoms with van der Waals surface area (Å²) in [5.74, 6) is -4.50. The first kappa shape index (κ1) is 32.5. The van der Waals surface area contributed by atoms with Crippen molar-refractivity contribution in [3.8, 4) is 11.1 Å². The average Bonchev–Trinajstić information content (AvgIpc) is 3.27. The quantitative estimate of drug-likeness (QED) is 0.180. The van der Waals surface area contributed by atoms with Crippen LogP contribution in [-0.2, 0) is 33.3 Å². The maximum atomic E-state index is 12.8. The van der Waals surface area contributed by atoms with E-state index in [1.807, 2.05) is 48.5 Å². The van der Waals surface area contributed by atoms with Gasteiger partial charge < -0.3 is 30.0 Å². The molecule has 0 heterocycles. The van der Waals surface area contributed by atoms with Crippen molar-refractivity contribution in [3.05, 3.63) is 59.7 Å². The normalized spacial score (nSPS) is 12.3. The van der Waals surface area contributed by atoms with E-state index in [4.69, 9.17) is 19.9 Å². The molecule has 0 radical (unpaired) electrons. The predicted molar refractivity (Wildman–Crippen MR) is 142 cm³/mol. The summed E-state index contributed by atoms with van der Waals surface area (Å²) in [5.41, 5.74) is 9.97. The van der Waals surface area contributed by atoms with E-state index in [0.29, 0.717) is 0 Å². The van der Waals surface area contributed by atoms with Gasteiger partial charge in [0, 0.05) is 25.6 Å². The highest BCUT2D eigenvalue weighted by Gasteiger charge is 2.42. The van der Waals surface area contributed by atoms with Gasteiger partial charge in [-0.1, -0.05) is 48.5 Å². The fourth-order valence-corrected chi connectivity index (χ4v) is 4.26. The fraction of sp³-hybridized carbons (Fsp3) is 0.429. The van der Waals surface area contributed by atoms with Gasteiger partial charge in [0.15, 0.2) is 0 Å². The molecule has 0 unspecified atom stereocenters. The molecule has 0 aromatic heterocycles. The zero-order valence-corrected chi connectivity index (χ0v) is 22.7. The predicted octanol–water partition coefficient (Wildman–Crippen LogP) is 2.37. The highest BCUT2D eigenvalue weighted by atomic mass is 19.4. The van der Waals surface area contributed by atoms with Gasteiger partial charge in [0.25, 0.3) is 0 Å². The minimum absolute atomic E-state index is 0.0144. The van der Waals surface area contributed by atoms with Crippen molar-refractivity contribution >= 4 is 23.9 Å². The first-order valence-electron chi connectivity index (χ1n) is 13.2. The van der Waals surface area contributed by atoms with Crippen molar-refractivity contribution in [1.29, 1.82) is 0 Å². The topological polar surface area (TPSA) is 146 Å². The summed E-state index contributed by atoms with van der Waals surface area (Å²) in [6, 6.07) is 15.9. The van der Waals surface area contributed by atoms with Crippen LogP contribution >= 0.6 is 0 Å². The molecule has 42 heavy (non-hydrogen) atoms. The van der Waals surface area contributed by atoms with Gasteiger partial charge in [-0.25, -0.2) is 9.59 Å². The third-order valence-corrected chi connectivity index (χ3v) is 6.16. The van der Waals surface area contributed by atoms with E-state index in [2.05, 4.69) is 10.1 Å². The van der Waals surface area contributed by atoms with E-state index in [1.165, 1.54) is 4.90 Å². The number of rotatable bonds is 15. The summed E-state index contributed by atoms with van der Waals surface area (Å²) >= 11 is 0. The zero-order chi connectivity index (χ0) is 30.5. The lowest BCUT2D eigenvalue weighted by Gasteiger charge is -2.22. The van der Waals surface area contributed by atoms with Gasteiger partial charge in [0.05, 0.1) is 32.8 Å². The molecule has 11 nitrogen and oxygen atoms in total. The monoisotopic (exact) mass is 595 g/mol. The Morgan fingerprint density at radius 2 is 1.48 bits per heavy atom. The number of nitrogens with two attached hydrogens (primary N) is 1. The number of carbonyl (C=O) groups is 4. The van der Waals surface area contributed by atoms with E-state index in [0.717, 1.165) is 22.3 Å². The second-order valence-electron chi connectivity index (χ2n) is 9.10. The summed E-state index contributed by atoms with van der Waals surface area (Å²) in [6.07, 6.45) is -6.44. The molecule has 2 aromatic rings. The average molecular weight is 596 g/mol. The molecule has 3 rings (SSSR count). The smallest absolute Gasteiger partial charge is 0.448 e. The van der Waals surface area contributed by atoms with E-state index in [-0.39, 0.29) is 65.1 Å². The molecular formula is C28H32F3N3O8. The Balaban J connectivity index is 1.31. The Morgan fingerprint density at radius 1 is 0.881 bits per heavy atom. The van der Waals surface area contributed by atoms with Crippen molar-refractivity contribution in [2.75, 3.05) is 59.2 Å². The number of carbonyl (C=O) groups excluding carboxylic acids is 4. The van der Waals surface area contributed by atoms with Crippen LogP contribution < -0.4 is 11.1 Å². The van der Waals surface area contributed by atoms with Crippen LogP contribution in [0.15, 0.2) is 48.5 Å². The number of nitrogens with zero attached hydrogens (tertiary/aromatic N) is 1. The van der Waals surface area contributed by atoms with Crippen molar-refractivity contribution in [3.63, 3.8) is 0 Å². The van der Waals surface area contributed by atoms with Crippen molar-refractivity contribution in [2.24, 2.45) is 5.73 Å². The summed E-state index contributed by atoms with van der Waals surface area (Å²) in [4.78, 5) is 48.1. The highest BCUT2D eigenvalue weighted by molar-refractivity contribution is 5.88. The maximum Gasteiger partial charge on any atom is 0.491 e. The van der Waals surface area contributed by atoms with Crippen molar-refractivity contribution < 1.29 is 51.3 Å². The van der Waals surface area contributed by atoms with Crippen LogP contribution in [0, 0.1) is 0 Å². The second-order valence-corrected chi connectivity index (χ2v) is 9.10. The van der Waals surface area contributed by atoms with Gasteiger partial charge in [-0.05, 0) is 22.3 Å². The van der Waals surface area contributed by atoms with Crippen LogP contribution in [0.2, 0.25) is 0 Å². The lowest BCUT2D eigenvalue weighted by atomic mass is 9.98. The van der Waals surface area contributed by atoms with E-state index in [9.17, 15) is 32.3 Å². The van der Waals surface area contributed by atoms with Gasteiger partial charge in [0.2, 0.25) is 5.91 Å². The summed E-state index contributed by atoms with van der Waals surface area (Å²) in [5, 5.41) is 2.62. The molecule has 1 aliphatic carbocycles. The molecule has 2 aromatic carbocycles. The lowest BCUT2D eigenvalue weighted by Crippen LogP contribution is -2.44. The number of halogens is 3. The number of benzene rings is 2. The van der Waals surface area contributed by atoms with Gasteiger partial charge in [-0.3, -0.25) is 14.5 Å².